The molecule has 0 unspecified atom stereocenters. The van der Waals surface area contributed by atoms with Crippen LogP contribution in [-0.2, 0) is 10.0 Å². The van der Waals surface area contributed by atoms with Crippen LogP contribution < -0.4 is 10.6 Å². The molecule has 0 spiro atoms. The summed E-state index contributed by atoms with van der Waals surface area (Å²) in [6, 6.07) is 0.215. The van der Waals surface area contributed by atoms with E-state index in [2.05, 4.69) is 15.6 Å². The first-order valence-corrected chi connectivity index (χ1v) is 10.7. The van der Waals surface area contributed by atoms with Crippen LogP contribution in [0, 0.1) is 0 Å². The molecular weight excluding hydrogens is 328 g/mol. The summed E-state index contributed by atoms with van der Waals surface area (Å²) < 4.78 is 25.8. The smallest absolute Gasteiger partial charge is 0.214 e. The SMILES string of the molecule is CCCS(=O)(=O)N1CCC(NC(=NCC2(O)CCC2)NCC)CC1. The molecule has 1 saturated carbocycles. The van der Waals surface area contributed by atoms with E-state index < -0.39 is 15.6 Å². The fourth-order valence-electron chi connectivity index (χ4n) is 3.15. The van der Waals surface area contributed by atoms with Gasteiger partial charge in [-0.25, -0.2) is 12.7 Å². The molecule has 0 aromatic heterocycles. The third-order valence-electron chi connectivity index (χ3n) is 4.81. The van der Waals surface area contributed by atoms with Gasteiger partial charge >= 0.3 is 0 Å². The normalized spacial score (nSPS) is 22.9. The fraction of sp³-hybridized carbons (Fsp3) is 0.938. The van der Waals surface area contributed by atoms with Crippen molar-refractivity contribution >= 4 is 16.0 Å². The van der Waals surface area contributed by atoms with Gasteiger partial charge in [-0.15, -0.1) is 0 Å². The Hall–Kier alpha value is -0.860. The number of aliphatic hydroxyl groups is 1. The molecule has 0 aromatic carbocycles. The Kier molecular flexibility index (Phi) is 6.88. The average Bonchev–Trinajstić information content (AvgIpc) is 2.51. The summed E-state index contributed by atoms with van der Waals surface area (Å²) in [5, 5.41) is 16.8. The summed E-state index contributed by atoms with van der Waals surface area (Å²) in [5.74, 6) is 0.945. The molecule has 0 radical (unpaired) electrons. The van der Waals surface area contributed by atoms with E-state index in [-0.39, 0.29) is 11.8 Å². The van der Waals surface area contributed by atoms with Gasteiger partial charge in [0.15, 0.2) is 5.96 Å². The summed E-state index contributed by atoms with van der Waals surface area (Å²) in [7, 11) is -3.09. The van der Waals surface area contributed by atoms with E-state index >= 15 is 0 Å². The Morgan fingerprint density at radius 2 is 1.96 bits per heavy atom. The van der Waals surface area contributed by atoms with Gasteiger partial charge in [0.05, 0.1) is 17.9 Å². The Morgan fingerprint density at radius 1 is 1.29 bits per heavy atom. The molecule has 0 bridgehead atoms. The summed E-state index contributed by atoms with van der Waals surface area (Å²) in [5.41, 5.74) is -0.625. The van der Waals surface area contributed by atoms with Gasteiger partial charge in [0.2, 0.25) is 10.0 Å². The van der Waals surface area contributed by atoms with Crippen LogP contribution in [0.25, 0.3) is 0 Å². The lowest BCUT2D eigenvalue weighted by molar-refractivity contribution is -0.0236. The van der Waals surface area contributed by atoms with Gasteiger partial charge in [0, 0.05) is 25.7 Å². The molecule has 2 rings (SSSR count). The van der Waals surface area contributed by atoms with Crippen LogP contribution in [0.15, 0.2) is 4.99 Å². The monoisotopic (exact) mass is 360 g/mol. The Morgan fingerprint density at radius 3 is 2.46 bits per heavy atom. The number of aliphatic imine (C=N–C) groups is 1. The minimum absolute atomic E-state index is 0.215. The lowest BCUT2D eigenvalue weighted by atomic mass is 9.80. The second kappa shape index (κ2) is 8.49. The van der Waals surface area contributed by atoms with Crippen LogP contribution in [-0.4, -0.2) is 67.4 Å². The first-order valence-electron chi connectivity index (χ1n) is 9.13. The second-order valence-corrected chi connectivity index (χ2v) is 9.00. The summed E-state index contributed by atoms with van der Waals surface area (Å²) in [4.78, 5) is 4.51. The van der Waals surface area contributed by atoms with Crippen LogP contribution in [0.5, 0.6) is 0 Å². The molecule has 0 aromatic rings. The van der Waals surface area contributed by atoms with E-state index in [4.69, 9.17) is 0 Å². The Labute approximate surface area is 146 Å². The number of piperidine rings is 1. The zero-order valence-corrected chi connectivity index (χ0v) is 15.7. The highest BCUT2D eigenvalue weighted by molar-refractivity contribution is 7.89. The lowest BCUT2D eigenvalue weighted by Gasteiger charge is -2.35. The molecule has 1 aliphatic heterocycles. The summed E-state index contributed by atoms with van der Waals surface area (Å²) in [6.45, 7) is 6.20. The minimum atomic E-state index is -3.09. The molecule has 8 heteroatoms. The van der Waals surface area contributed by atoms with Crippen molar-refractivity contribution in [2.45, 2.75) is 64.0 Å². The molecule has 1 saturated heterocycles. The van der Waals surface area contributed by atoms with E-state index in [0.717, 1.165) is 38.6 Å². The number of sulfonamides is 1. The maximum atomic E-state index is 12.1. The van der Waals surface area contributed by atoms with Crippen LogP contribution >= 0.6 is 0 Å². The fourth-order valence-corrected chi connectivity index (χ4v) is 4.69. The average molecular weight is 361 g/mol. The van der Waals surface area contributed by atoms with Gasteiger partial charge in [0.25, 0.3) is 0 Å². The van der Waals surface area contributed by atoms with Crippen molar-refractivity contribution in [2.75, 3.05) is 31.9 Å². The van der Waals surface area contributed by atoms with Crippen LogP contribution in [0.2, 0.25) is 0 Å². The first kappa shape index (κ1) is 19.5. The zero-order valence-electron chi connectivity index (χ0n) is 14.9. The van der Waals surface area contributed by atoms with E-state index in [9.17, 15) is 13.5 Å². The van der Waals surface area contributed by atoms with E-state index in [0.29, 0.717) is 32.0 Å². The number of nitrogens with one attached hydrogen (secondary N) is 2. The largest absolute Gasteiger partial charge is 0.388 e. The molecule has 7 nitrogen and oxygen atoms in total. The highest BCUT2D eigenvalue weighted by atomic mass is 32.2. The number of guanidine groups is 1. The maximum absolute atomic E-state index is 12.1. The van der Waals surface area contributed by atoms with Crippen LogP contribution in [0.1, 0.15) is 52.4 Å². The van der Waals surface area contributed by atoms with Crippen molar-refractivity contribution in [3.8, 4) is 0 Å². The molecule has 140 valence electrons. The van der Waals surface area contributed by atoms with Gasteiger partial charge in [-0.1, -0.05) is 6.92 Å². The minimum Gasteiger partial charge on any atom is -0.388 e. The maximum Gasteiger partial charge on any atom is 0.214 e. The van der Waals surface area contributed by atoms with Gasteiger partial charge in [0.1, 0.15) is 0 Å². The van der Waals surface area contributed by atoms with Gasteiger partial charge < -0.3 is 15.7 Å². The van der Waals surface area contributed by atoms with Gasteiger partial charge in [-0.2, -0.15) is 0 Å². The molecule has 3 N–H and O–H groups in total. The molecule has 1 heterocycles. The van der Waals surface area contributed by atoms with E-state index in [1.54, 1.807) is 4.31 Å². The van der Waals surface area contributed by atoms with Crippen LogP contribution in [0.3, 0.4) is 0 Å². The second-order valence-electron chi connectivity index (χ2n) is 6.91. The van der Waals surface area contributed by atoms with Gasteiger partial charge in [-0.3, -0.25) is 4.99 Å². The number of hydrogen-bond acceptors (Lipinski definition) is 4. The van der Waals surface area contributed by atoms with Crippen molar-refractivity contribution in [3.05, 3.63) is 0 Å². The van der Waals surface area contributed by atoms with Crippen molar-refractivity contribution in [1.82, 2.24) is 14.9 Å². The Balaban J connectivity index is 1.84. The lowest BCUT2D eigenvalue weighted by Crippen LogP contribution is -2.50. The topological polar surface area (TPSA) is 94.0 Å². The molecule has 1 aliphatic carbocycles. The molecule has 0 amide bonds. The van der Waals surface area contributed by atoms with Crippen molar-refractivity contribution < 1.29 is 13.5 Å². The molecular formula is C16H32N4O3S. The predicted molar refractivity (Wildman–Crippen MR) is 96.6 cm³/mol. The third-order valence-corrected chi connectivity index (χ3v) is 6.89. The highest BCUT2D eigenvalue weighted by Crippen LogP contribution is 2.31. The number of hydrogen-bond donors (Lipinski definition) is 3. The van der Waals surface area contributed by atoms with Crippen LogP contribution in [0.4, 0.5) is 0 Å². The molecule has 2 fully saturated rings. The van der Waals surface area contributed by atoms with E-state index in [1.165, 1.54) is 0 Å². The standard InChI is InChI=1S/C16H32N4O3S/c1-3-12-24(22,23)20-10-6-14(7-11-20)19-15(17-4-2)18-13-16(21)8-5-9-16/h14,21H,3-13H2,1-2H3,(H2,17,18,19). The molecule has 2 aliphatic rings. The summed E-state index contributed by atoms with van der Waals surface area (Å²) >= 11 is 0. The van der Waals surface area contributed by atoms with E-state index in [1.807, 2.05) is 13.8 Å². The summed E-state index contributed by atoms with van der Waals surface area (Å²) in [6.07, 6.45) is 4.92. The van der Waals surface area contributed by atoms with Crippen molar-refractivity contribution in [2.24, 2.45) is 4.99 Å². The highest BCUT2D eigenvalue weighted by Gasteiger charge is 2.34. The van der Waals surface area contributed by atoms with Crippen molar-refractivity contribution in [3.63, 3.8) is 0 Å². The van der Waals surface area contributed by atoms with Gasteiger partial charge in [-0.05, 0) is 45.4 Å². The molecule has 0 atom stereocenters. The quantitative estimate of drug-likeness (QED) is 0.458. The first-order chi connectivity index (χ1) is 11.4. The molecule has 24 heavy (non-hydrogen) atoms. The van der Waals surface area contributed by atoms with Crippen molar-refractivity contribution in [1.29, 1.82) is 0 Å². The predicted octanol–water partition coefficient (Wildman–Crippen LogP) is 0.661. The zero-order chi connectivity index (χ0) is 17.6. The Bertz CT molecular complexity index is 523. The number of rotatable bonds is 7. The number of nitrogens with zero attached hydrogens (tertiary/aromatic N) is 2. The third kappa shape index (κ3) is 5.32.